The molecule has 0 saturated heterocycles. The molecule has 78 valence electrons. The Hall–Kier alpha value is -1.33. The van der Waals surface area contributed by atoms with Crippen LogP contribution in [0.1, 0.15) is 30.0 Å². The molecule has 1 aromatic rings. The molecule has 1 aliphatic rings. The first-order chi connectivity index (χ1) is 7.22. The molecule has 15 heavy (non-hydrogen) atoms. The van der Waals surface area contributed by atoms with Crippen molar-refractivity contribution in [1.82, 2.24) is 5.32 Å². The van der Waals surface area contributed by atoms with Gasteiger partial charge in [-0.05, 0) is 32.4 Å². The van der Waals surface area contributed by atoms with Crippen molar-refractivity contribution < 1.29 is 0 Å². The summed E-state index contributed by atoms with van der Waals surface area (Å²) in [6.07, 6.45) is 2.03. The minimum atomic E-state index is -0.149. The number of hydrogen-bond donors (Lipinski definition) is 1. The quantitative estimate of drug-likeness (QED) is 0.814. The molecule has 0 bridgehead atoms. The number of hydrogen-bond acceptors (Lipinski definition) is 2. The van der Waals surface area contributed by atoms with Crippen LogP contribution in [-0.4, -0.2) is 7.05 Å². The van der Waals surface area contributed by atoms with Crippen molar-refractivity contribution in [2.24, 2.45) is 5.41 Å². The van der Waals surface area contributed by atoms with Crippen molar-refractivity contribution in [3.05, 3.63) is 35.4 Å². The monoisotopic (exact) mass is 200 g/mol. The molecular formula is C13H16N2. The van der Waals surface area contributed by atoms with E-state index in [-0.39, 0.29) is 11.5 Å². The van der Waals surface area contributed by atoms with E-state index < -0.39 is 0 Å². The van der Waals surface area contributed by atoms with Crippen LogP contribution in [0, 0.1) is 23.7 Å². The van der Waals surface area contributed by atoms with Crippen molar-refractivity contribution in [1.29, 1.82) is 5.26 Å². The van der Waals surface area contributed by atoms with Gasteiger partial charge in [-0.3, -0.25) is 0 Å². The summed E-state index contributed by atoms with van der Waals surface area (Å²) in [5.41, 5.74) is 2.34. The number of aryl methyl sites for hydroxylation is 1. The summed E-state index contributed by atoms with van der Waals surface area (Å²) in [6.45, 7) is 2.08. The fourth-order valence-corrected chi connectivity index (χ4v) is 2.12. The number of benzene rings is 1. The molecule has 1 saturated carbocycles. The minimum Gasteiger partial charge on any atom is -0.312 e. The van der Waals surface area contributed by atoms with Crippen molar-refractivity contribution in [2.75, 3.05) is 7.05 Å². The van der Waals surface area contributed by atoms with E-state index in [4.69, 9.17) is 0 Å². The highest BCUT2D eigenvalue weighted by Crippen LogP contribution is 2.54. The smallest absolute Gasteiger partial charge is 0.0769 e. The number of nitriles is 1. The number of nitrogens with zero attached hydrogens (tertiary/aromatic N) is 1. The Bertz CT molecular complexity index is 382. The van der Waals surface area contributed by atoms with Gasteiger partial charge < -0.3 is 5.32 Å². The second kappa shape index (κ2) is 3.67. The van der Waals surface area contributed by atoms with E-state index in [1.165, 1.54) is 11.1 Å². The highest BCUT2D eigenvalue weighted by molar-refractivity contribution is 5.30. The molecule has 1 fully saturated rings. The fraction of sp³-hybridized carbons (Fsp3) is 0.462. The Morgan fingerprint density at radius 1 is 1.33 bits per heavy atom. The second-order valence-electron chi connectivity index (χ2n) is 4.40. The maximum Gasteiger partial charge on any atom is 0.0769 e. The van der Waals surface area contributed by atoms with Gasteiger partial charge in [0.15, 0.2) is 0 Å². The van der Waals surface area contributed by atoms with Gasteiger partial charge in [-0.2, -0.15) is 5.26 Å². The molecule has 2 rings (SSSR count). The first-order valence-corrected chi connectivity index (χ1v) is 5.37. The van der Waals surface area contributed by atoms with Gasteiger partial charge in [0.05, 0.1) is 17.5 Å². The average Bonchev–Trinajstić information content (AvgIpc) is 3.03. The molecule has 1 unspecified atom stereocenters. The van der Waals surface area contributed by atoms with Gasteiger partial charge in [-0.15, -0.1) is 0 Å². The van der Waals surface area contributed by atoms with Crippen LogP contribution in [-0.2, 0) is 0 Å². The zero-order chi connectivity index (χ0) is 10.9. The van der Waals surface area contributed by atoms with Crippen LogP contribution in [0.4, 0.5) is 0 Å². The Balaban J connectivity index is 2.28. The lowest BCUT2D eigenvalue weighted by atomic mass is 9.91. The third kappa shape index (κ3) is 1.75. The fourth-order valence-electron chi connectivity index (χ4n) is 2.12. The Labute approximate surface area is 90.9 Å². The van der Waals surface area contributed by atoms with Crippen molar-refractivity contribution >= 4 is 0 Å². The summed E-state index contributed by atoms with van der Waals surface area (Å²) in [4.78, 5) is 0. The molecule has 0 amide bonds. The normalized spacial score (nSPS) is 19.3. The van der Waals surface area contributed by atoms with Crippen LogP contribution in [0.15, 0.2) is 24.3 Å². The van der Waals surface area contributed by atoms with Gasteiger partial charge >= 0.3 is 0 Å². The molecule has 1 N–H and O–H groups in total. The van der Waals surface area contributed by atoms with E-state index in [9.17, 15) is 5.26 Å². The van der Waals surface area contributed by atoms with Gasteiger partial charge in [0.2, 0.25) is 0 Å². The van der Waals surface area contributed by atoms with Gasteiger partial charge in [-0.1, -0.05) is 29.8 Å². The zero-order valence-corrected chi connectivity index (χ0v) is 9.25. The van der Waals surface area contributed by atoms with E-state index in [0.29, 0.717) is 0 Å². The topological polar surface area (TPSA) is 35.8 Å². The lowest BCUT2D eigenvalue weighted by Gasteiger charge is -2.21. The largest absolute Gasteiger partial charge is 0.312 e. The van der Waals surface area contributed by atoms with Crippen LogP contribution in [0.2, 0.25) is 0 Å². The van der Waals surface area contributed by atoms with E-state index in [1.54, 1.807) is 0 Å². The standard InChI is InChI=1S/C13H16N2/c1-10-3-5-11(6-4-10)12(15-2)13(9-14)7-8-13/h3-6,12,15H,7-8H2,1-2H3. The molecule has 0 aromatic heterocycles. The molecule has 1 aliphatic carbocycles. The molecule has 0 heterocycles. The Morgan fingerprint density at radius 2 is 1.93 bits per heavy atom. The van der Waals surface area contributed by atoms with Crippen molar-refractivity contribution in [3.63, 3.8) is 0 Å². The van der Waals surface area contributed by atoms with Crippen LogP contribution in [0.5, 0.6) is 0 Å². The molecule has 2 nitrogen and oxygen atoms in total. The molecule has 0 radical (unpaired) electrons. The van der Waals surface area contributed by atoms with Gasteiger partial charge in [0.1, 0.15) is 0 Å². The predicted molar refractivity (Wildman–Crippen MR) is 60.3 cm³/mol. The van der Waals surface area contributed by atoms with Crippen LogP contribution in [0.25, 0.3) is 0 Å². The average molecular weight is 200 g/mol. The summed E-state index contributed by atoms with van der Waals surface area (Å²) in [5, 5.41) is 12.5. The summed E-state index contributed by atoms with van der Waals surface area (Å²) in [5.74, 6) is 0. The summed E-state index contributed by atoms with van der Waals surface area (Å²) >= 11 is 0. The van der Waals surface area contributed by atoms with E-state index in [2.05, 4.69) is 42.6 Å². The number of nitrogens with one attached hydrogen (secondary N) is 1. The second-order valence-corrected chi connectivity index (χ2v) is 4.40. The van der Waals surface area contributed by atoms with Gasteiger partial charge in [0.25, 0.3) is 0 Å². The minimum absolute atomic E-state index is 0.149. The van der Waals surface area contributed by atoms with E-state index in [0.717, 1.165) is 12.8 Å². The van der Waals surface area contributed by atoms with Gasteiger partial charge in [-0.25, -0.2) is 0 Å². The van der Waals surface area contributed by atoms with Crippen molar-refractivity contribution in [2.45, 2.75) is 25.8 Å². The van der Waals surface area contributed by atoms with E-state index >= 15 is 0 Å². The first kappa shape index (κ1) is 10.2. The van der Waals surface area contributed by atoms with Crippen LogP contribution >= 0.6 is 0 Å². The summed E-state index contributed by atoms with van der Waals surface area (Å²) in [6, 6.07) is 11.1. The molecular weight excluding hydrogens is 184 g/mol. The zero-order valence-electron chi connectivity index (χ0n) is 9.25. The Morgan fingerprint density at radius 3 is 2.33 bits per heavy atom. The lowest BCUT2D eigenvalue weighted by Crippen LogP contribution is -2.25. The molecule has 0 aliphatic heterocycles. The maximum atomic E-state index is 9.18. The highest BCUT2D eigenvalue weighted by Gasteiger charge is 2.50. The molecule has 0 spiro atoms. The maximum absolute atomic E-state index is 9.18. The third-order valence-electron chi connectivity index (χ3n) is 3.26. The van der Waals surface area contributed by atoms with Crippen LogP contribution in [0.3, 0.4) is 0 Å². The Kier molecular flexibility index (Phi) is 2.50. The highest BCUT2D eigenvalue weighted by atomic mass is 14.9. The molecule has 1 atom stereocenters. The summed E-state index contributed by atoms with van der Waals surface area (Å²) in [7, 11) is 1.93. The molecule has 1 aromatic carbocycles. The molecule has 2 heteroatoms. The third-order valence-corrected chi connectivity index (χ3v) is 3.26. The number of rotatable bonds is 3. The lowest BCUT2D eigenvalue weighted by molar-refractivity contribution is 0.444. The predicted octanol–water partition coefficient (Wildman–Crippen LogP) is 2.56. The van der Waals surface area contributed by atoms with Gasteiger partial charge in [0, 0.05) is 0 Å². The van der Waals surface area contributed by atoms with Crippen molar-refractivity contribution in [3.8, 4) is 6.07 Å². The first-order valence-electron chi connectivity index (χ1n) is 5.37. The van der Waals surface area contributed by atoms with Crippen LogP contribution < -0.4 is 5.32 Å². The SMILES string of the molecule is CNC(c1ccc(C)cc1)C1(C#N)CC1. The van der Waals surface area contributed by atoms with E-state index in [1.807, 2.05) is 7.05 Å². The summed E-state index contributed by atoms with van der Waals surface area (Å²) < 4.78 is 0.